The van der Waals surface area contributed by atoms with E-state index in [1.54, 1.807) is 13.8 Å². The number of ether oxygens (including phenoxy) is 2. The maximum Gasteiger partial charge on any atom is 0.309 e. The van der Waals surface area contributed by atoms with Gasteiger partial charge in [-0.05, 0) is 20.3 Å². The number of hydrogen-bond acceptors (Lipinski definition) is 4. The van der Waals surface area contributed by atoms with E-state index in [-0.39, 0.29) is 18.4 Å². The van der Waals surface area contributed by atoms with Gasteiger partial charge >= 0.3 is 11.9 Å². The fraction of sp³-hybridized carbons (Fsp3) is 0.857. The van der Waals surface area contributed by atoms with Gasteiger partial charge in [0.2, 0.25) is 0 Å². The van der Waals surface area contributed by atoms with Gasteiger partial charge in [0.15, 0.2) is 0 Å². The van der Waals surface area contributed by atoms with E-state index in [1.165, 1.54) is 19.3 Å². The fourth-order valence-corrected chi connectivity index (χ4v) is 1.65. The van der Waals surface area contributed by atoms with Crippen LogP contribution in [0.25, 0.3) is 0 Å². The molecule has 0 saturated heterocycles. The van der Waals surface area contributed by atoms with E-state index < -0.39 is 6.10 Å². The molecule has 0 saturated carbocycles. The van der Waals surface area contributed by atoms with Crippen molar-refractivity contribution in [2.45, 2.75) is 71.8 Å². The van der Waals surface area contributed by atoms with Gasteiger partial charge in [0, 0.05) is 6.42 Å². The zero-order chi connectivity index (χ0) is 13.8. The summed E-state index contributed by atoms with van der Waals surface area (Å²) in [5.74, 6) is -0.538. The molecular weight excluding hydrogens is 232 g/mol. The van der Waals surface area contributed by atoms with Crippen molar-refractivity contribution in [2.24, 2.45) is 0 Å². The molecule has 0 bridgehead atoms. The average Bonchev–Trinajstić information content (AvgIpc) is 2.28. The monoisotopic (exact) mass is 258 g/mol. The summed E-state index contributed by atoms with van der Waals surface area (Å²) in [4.78, 5) is 22.6. The minimum absolute atomic E-state index is 0.134. The molecule has 18 heavy (non-hydrogen) atoms. The molecule has 0 heterocycles. The minimum Gasteiger partial charge on any atom is -0.466 e. The molecule has 0 aliphatic carbocycles. The van der Waals surface area contributed by atoms with Crippen molar-refractivity contribution in [1.82, 2.24) is 0 Å². The summed E-state index contributed by atoms with van der Waals surface area (Å²) in [7, 11) is 0. The molecule has 4 heteroatoms. The number of hydrogen-bond donors (Lipinski definition) is 0. The number of carbonyl (C=O) groups is 2. The van der Waals surface area contributed by atoms with Crippen molar-refractivity contribution in [1.29, 1.82) is 0 Å². The molecule has 1 atom stereocenters. The predicted octanol–water partition coefficient (Wildman–Crippen LogP) is 3.23. The van der Waals surface area contributed by atoms with E-state index in [1.807, 2.05) is 0 Å². The molecular formula is C14H26O4. The average molecular weight is 258 g/mol. The van der Waals surface area contributed by atoms with Gasteiger partial charge in [-0.1, -0.05) is 32.6 Å². The molecule has 0 rings (SSSR count). The van der Waals surface area contributed by atoms with Crippen molar-refractivity contribution < 1.29 is 19.1 Å². The molecule has 106 valence electrons. The van der Waals surface area contributed by atoms with Crippen LogP contribution in [0.3, 0.4) is 0 Å². The van der Waals surface area contributed by atoms with Gasteiger partial charge in [-0.15, -0.1) is 0 Å². The van der Waals surface area contributed by atoms with Crippen molar-refractivity contribution in [3.05, 3.63) is 0 Å². The highest BCUT2D eigenvalue weighted by atomic mass is 16.6. The topological polar surface area (TPSA) is 52.6 Å². The second-order valence-corrected chi connectivity index (χ2v) is 4.47. The Hall–Kier alpha value is -1.06. The van der Waals surface area contributed by atoms with Crippen molar-refractivity contribution in [2.75, 3.05) is 6.61 Å². The number of esters is 2. The van der Waals surface area contributed by atoms with Gasteiger partial charge in [0.05, 0.1) is 13.0 Å². The van der Waals surface area contributed by atoms with E-state index in [0.717, 1.165) is 12.8 Å². The quantitative estimate of drug-likeness (QED) is 0.446. The van der Waals surface area contributed by atoms with Crippen LogP contribution in [-0.2, 0) is 19.1 Å². The zero-order valence-corrected chi connectivity index (χ0v) is 11.9. The van der Waals surface area contributed by atoms with Gasteiger partial charge in [-0.2, -0.15) is 0 Å². The van der Waals surface area contributed by atoms with Gasteiger partial charge < -0.3 is 9.47 Å². The molecule has 0 aliphatic rings. The van der Waals surface area contributed by atoms with Crippen LogP contribution in [0.1, 0.15) is 65.7 Å². The van der Waals surface area contributed by atoms with Crippen LogP contribution in [0.2, 0.25) is 0 Å². The van der Waals surface area contributed by atoms with Crippen molar-refractivity contribution in [3.8, 4) is 0 Å². The Morgan fingerprint density at radius 2 is 1.67 bits per heavy atom. The van der Waals surface area contributed by atoms with Crippen LogP contribution < -0.4 is 0 Å². The first-order valence-electron chi connectivity index (χ1n) is 6.95. The standard InChI is InChI=1S/C14H26O4/c1-4-6-7-8-9-10-13(15)18-12(3)11-14(16)17-5-2/h12H,4-11H2,1-3H3. The number of rotatable bonds is 10. The van der Waals surface area contributed by atoms with Crippen molar-refractivity contribution in [3.63, 3.8) is 0 Å². The summed E-state index contributed by atoms with van der Waals surface area (Å²) in [5, 5.41) is 0. The lowest BCUT2D eigenvalue weighted by atomic mass is 10.1. The van der Waals surface area contributed by atoms with E-state index >= 15 is 0 Å². The predicted molar refractivity (Wildman–Crippen MR) is 70.2 cm³/mol. The minimum atomic E-state index is -0.396. The van der Waals surface area contributed by atoms with Gasteiger partial charge in [0.1, 0.15) is 6.10 Å². The van der Waals surface area contributed by atoms with Crippen LogP contribution in [0.4, 0.5) is 0 Å². The first-order valence-corrected chi connectivity index (χ1v) is 6.95. The van der Waals surface area contributed by atoms with Crippen LogP contribution in [0, 0.1) is 0 Å². The first-order chi connectivity index (χ1) is 8.60. The highest BCUT2D eigenvalue weighted by Gasteiger charge is 2.14. The molecule has 1 unspecified atom stereocenters. The third kappa shape index (κ3) is 10.1. The lowest BCUT2D eigenvalue weighted by Gasteiger charge is -2.12. The van der Waals surface area contributed by atoms with E-state index in [0.29, 0.717) is 13.0 Å². The van der Waals surface area contributed by atoms with Gasteiger partial charge in [-0.25, -0.2) is 0 Å². The molecule has 0 aromatic carbocycles. The molecule has 0 aromatic rings. The molecule has 0 amide bonds. The maximum absolute atomic E-state index is 11.5. The van der Waals surface area contributed by atoms with Crippen molar-refractivity contribution >= 4 is 11.9 Å². The van der Waals surface area contributed by atoms with Gasteiger partial charge in [-0.3, -0.25) is 9.59 Å². The van der Waals surface area contributed by atoms with E-state index in [9.17, 15) is 9.59 Å². The SMILES string of the molecule is CCCCCCCC(=O)OC(C)CC(=O)OCC. The third-order valence-electron chi connectivity index (χ3n) is 2.58. The van der Waals surface area contributed by atoms with Crippen LogP contribution >= 0.6 is 0 Å². The van der Waals surface area contributed by atoms with E-state index in [4.69, 9.17) is 9.47 Å². The highest BCUT2D eigenvalue weighted by Crippen LogP contribution is 2.08. The van der Waals surface area contributed by atoms with E-state index in [2.05, 4.69) is 6.92 Å². The summed E-state index contributed by atoms with van der Waals surface area (Å²) in [5.41, 5.74) is 0. The van der Waals surface area contributed by atoms with Gasteiger partial charge in [0.25, 0.3) is 0 Å². The Labute approximate surface area is 110 Å². The maximum atomic E-state index is 11.5. The summed E-state index contributed by atoms with van der Waals surface area (Å²) in [6.07, 6.45) is 5.69. The lowest BCUT2D eigenvalue weighted by Crippen LogP contribution is -2.19. The first kappa shape index (κ1) is 16.9. The normalized spacial score (nSPS) is 11.9. The highest BCUT2D eigenvalue weighted by molar-refractivity contribution is 5.72. The smallest absolute Gasteiger partial charge is 0.309 e. The molecule has 0 fully saturated rings. The Bertz CT molecular complexity index is 238. The molecule has 0 N–H and O–H groups in total. The van der Waals surface area contributed by atoms with Crippen LogP contribution in [0.5, 0.6) is 0 Å². The van der Waals surface area contributed by atoms with Crippen LogP contribution in [-0.4, -0.2) is 24.6 Å². The second kappa shape index (κ2) is 11.1. The Morgan fingerprint density at radius 1 is 1.00 bits per heavy atom. The largest absolute Gasteiger partial charge is 0.466 e. The molecule has 0 aliphatic heterocycles. The summed E-state index contributed by atoms with van der Waals surface area (Å²) >= 11 is 0. The third-order valence-corrected chi connectivity index (χ3v) is 2.58. The molecule has 4 nitrogen and oxygen atoms in total. The number of carbonyl (C=O) groups excluding carboxylic acids is 2. The Balaban J connectivity index is 3.58. The zero-order valence-electron chi connectivity index (χ0n) is 11.9. The Morgan fingerprint density at radius 3 is 2.28 bits per heavy atom. The summed E-state index contributed by atoms with van der Waals surface area (Å²) in [6.45, 7) is 5.99. The molecule has 0 radical (unpaired) electrons. The molecule has 0 spiro atoms. The number of unbranched alkanes of at least 4 members (excludes halogenated alkanes) is 4. The summed E-state index contributed by atoms with van der Waals surface area (Å²) in [6, 6.07) is 0. The molecule has 0 aromatic heterocycles. The lowest BCUT2D eigenvalue weighted by molar-refractivity contribution is -0.154. The van der Waals surface area contributed by atoms with Crippen LogP contribution in [0.15, 0.2) is 0 Å². The second-order valence-electron chi connectivity index (χ2n) is 4.47. The fourth-order valence-electron chi connectivity index (χ4n) is 1.65. The Kier molecular flexibility index (Phi) is 10.4. The summed E-state index contributed by atoms with van der Waals surface area (Å²) < 4.78 is 9.92.